The largest absolute Gasteiger partial charge is 0.314 e. The number of nitrogens with zero attached hydrogens (tertiary/aromatic N) is 3. The number of hydrogen-bond donors (Lipinski definition) is 1. The first kappa shape index (κ1) is 11.6. The fourth-order valence-electron chi connectivity index (χ4n) is 2.65. The Labute approximate surface area is 107 Å². The third-order valence-corrected chi connectivity index (χ3v) is 4.55. The molecular formula is C12H20N4S. The van der Waals surface area contributed by atoms with Crippen molar-refractivity contribution >= 4 is 11.3 Å². The van der Waals surface area contributed by atoms with Crippen molar-refractivity contribution in [3.8, 4) is 0 Å². The van der Waals surface area contributed by atoms with E-state index >= 15 is 0 Å². The summed E-state index contributed by atoms with van der Waals surface area (Å²) in [6, 6.07) is 0.797. The molecule has 3 rings (SSSR count). The highest BCUT2D eigenvalue weighted by Gasteiger charge is 2.32. The van der Waals surface area contributed by atoms with E-state index in [1.54, 1.807) is 0 Å². The maximum absolute atomic E-state index is 4.31. The number of aromatic nitrogens is 1. The molecule has 2 aliphatic rings. The molecule has 0 aromatic carbocycles. The van der Waals surface area contributed by atoms with E-state index in [1.807, 2.05) is 17.5 Å². The molecule has 17 heavy (non-hydrogen) atoms. The lowest BCUT2D eigenvalue weighted by molar-refractivity contribution is 0.0229. The Kier molecular flexibility index (Phi) is 3.42. The van der Waals surface area contributed by atoms with Gasteiger partial charge in [0.2, 0.25) is 0 Å². The summed E-state index contributed by atoms with van der Waals surface area (Å²) in [5.74, 6) is 0. The number of rotatable bonds is 3. The van der Waals surface area contributed by atoms with Gasteiger partial charge in [-0.05, 0) is 6.92 Å². The van der Waals surface area contributed by atoms with Gasteiger partial charge in [-0.25, -0.2) is 4.98 Å². The molecule has 94 valence electrons. The van der Waals surface area contributed by atoms with Crippen LogP contribution < -0.4 is 5.32 Å². The van der Waals surface area contributed by atoms with Crippen LogP contribution in [0.15, 0.2) is 6.20 Å². The lowest BCUT2D eigenvalue weighted by Crippen LogP contribution is -2.62. The van der Waals surface area contributed by atoms with Crippen molar-refractivity contribution in [1.29, 1.82) is 0 Å². The molecular weight excluding hydrogens is 232 g/mol. The van der Waals surface area contributed by atoms with Gasteiger partial charge in [0.1, 0.15) is 0 Å². The fraction of sp³-hybridized carbons (Fsp3) is 0.750. The number of thiazole rings is 1. The molecule has 2 saturated heterocycles. The summed E-state index contributed by atoms with van der Waals surface area (Å²) in [6.45, 7) is 10.4. The summed E-state index contributed by atoms with van der Waals surface area (Å²) < 4.78 is 0. The van der Waals surface area contributed by atoms with Crippen LogP contribution >= 0.6 is 11.3 Å². The van der Waals surface area contributed by atoms with Crippen LogP contribution in [0.5, 0.6) is 0 Å². The van der Waals surface area contributed by atoms with Crippen molar-refractivity contribution in [2.45, 2.75) is 19.5 Å². The molecule has 0 radical (unpaired) electrons. The lowest BCUT2D eigenvalue weighted by Gasteiger charge is -2.46. The summed E-state index contributed by atoms with van der Waals surface area (Å²) in [7, 11) is 0. The SMILES string of the molecule is Cc1ncc(CN2CC(N3CCNCC3)C2)s1. The van der Waals surface area contributed by atoms with Gasteiger partial charge in [0.05, 0.1) is 5.01 Å². The number of likely N-dealkylation sites (tertiary alicyclic amines) is 1. The highest BCUT2D eigenvalue weighted by atomic mass is 32.1. The van der Waals surface area contributed by atoms with Crippen LogP contribution in [0.3, 0.4) is 0 Å². The topological polar surface area (TPSA) is 31.4 Å². The predicted molar refractivity (Wildman–Crippen MR) is 70.4 cm³/mol. The van der Waals surface area contributed by atoms with E-state index in [0.717, 1.165) is 25.7 Å². The zero-order valence-electron chi connectivity index (χ0n) is 10.4. The summed E-state index contributed by atoms with van der Waals surface area (Å²) in [5, 5.41) is 4.59. The zero-order valence-corrected chi connectivity index (χ0v) is 11.2. The maximum atomic E-state index is 4.31. The molecule has 0 spiro atoms. The van der Waals surface area contributed by atoms with Crippen LogP contribution in [0, 0.1) is 6.92 Å². The second-order valence-electron chi connectivity index (χ2n) is 4.98. The number of piperazine rings is 1. The normalized spacial score (nSPS) is 23.8. The van der Waals surface area contributed by atoms with Crippen molar-refractivity contribution < 1.29 is 0 Å². The standard InChI is InChI=1S/C12H20N4S/c1-10-14-6-12(17-10)9-15-7-11(8-15)16-4-2-13-3-5-16/h6,11,13H,2-5,7-9H2,1H3. The first-order valence-electron chi connectivity index (χ1n) is 6.40. The van der Waals surface area contributed by atoms with Crippen LogP contribution in [-0.4, -0.2) is 60.1 Å². The van der Waals surface area contributed by atoms with Gasteiger partial charge >= 0.3 is 0 Å². The molecule has 2 aliphatic heterocycles. The van der Waals surface area contributed by atoms with Crippen LogP contribution in [0.25, 0.3) is 0 Å². The van der Waals surface area contributed by atoms with Gasteiger partial charge in [-0.1, -0.05) is 0 Å². The summed E-state index contributed by atoms with van der Waals surface area (Å²) >= 11 is 1.83. The lowest BCUT2D eigenvalue weighted by atomic mass is 10.1. The third-order valence-electron chi connectivity index (χ3n) is 3.65. The van der Waals surface area contributed by atoms with Gasteiger partial charge in [0.25, 0.3) is 0 Å². The van der Waals surface area contributed by atoms with Gasteiger partial charge < -0.3 is 5.32 Å². The van der Waals surface area contributed by atoms with E-state index in [9.17, 15) is 0 Å². The molecule has 0 unspecified atom stereocenters. The fourth-order valence-corrected chi connectivity index (χ4v) is 3.49. The van der Waals surface area contributed by atoms with Gasteiger partial charge in [-0.3, -0.25) is 9.80 Å². The molecule has 4 nitrogen and oxygen atoms in total. The molecule has 5 heteroatoms. The van der Waals surface area contributed by atoms with Crippen molar-refractivity contribution in [2.75, 3.05) is 39.3 Å². The van der Waals surface area contributed by atoms with Crippen LogP contribution in [-0.2, 0) is 6.54 Å². The van der Waals surface area contributed by atoms with Gasteiger partial charge in [-0.15, -0.1) is 11.3 Å². The average Bonchev–Trinajstić information content (AvgIpc) is 2.70. The Hall–Kier alpha value is -0.490. The highest BCUT2D eigenvalue weighted by Crippen LogP contribution is 2.21. The van der Waals surface area contributed by atoms with E-state index in [1.165, 1.54) is 36.1 Å². The second-order valence-corrected chi connectivity index (χ2v) is 6.30. The quantitative estimate of drug-likeness (QED) is 0.851. The van der Waals surface area contributed by atoms with Crippen molar-refractivity contribution in [3.05, 3.63) is 16.1 Å². The Morgan fingerprint density at radius 2 is 2.18 bits per heavy atom. The molecule has 1 aromatic rings. The minimum atomic E-state index is 0.797. The van der Waals surface area contributed by atoms with Crippen LogP contribution in [0.2, 0.25) is 0 Å². The second kappa shape index (κ2) is 5.02. The highest BCUT2D eigenvalue weighted by molar-refractivity contribution is 7.11. The minimum absolute atomic E-state index is 0.797. The number of hydrogen-bond acceptors (Lipinski definition) is 5. The van der Waals surface area contributed by atoms with E-state index in [2.05, 4.69) is 27.0 Å². The molecule has 0 aliphatic carbocycles. The third kappa shape index (κ3) is 2.68. The van der Waals surface area contributed by atoms with Gasteiger partial charge in [0, 0.05) is 62.9 Å². The minimum Gasteiger partial charge on any atom is -0.314 e. The van der Waals surface area contributed by atoms with E-state index in [-0.39, 0.29) is 0 Å². The first-order valence-corrected chi connectivity index (χ1v) is 7.21. The van der Waals surface area contributed by atoms with Gasteiger partial charge in [-0.2, -0.15) is 0 Å². The monoisotopic (exact) mass is 252 g/mol. The molecule has 0 saturated carbocycles. The molecule has 1 N–H and O–H groups in total. The molecule has 0 bridgehead atoms. The van der Waals surface area contributed by atoms with Crippen LogP contribution in [0.1, 0.15) is 9.88 Å². The number of aryl methyl sites for hydroxylation is 1. The molecule has 0 amide bonds. The summed E-state index contributed by atoms with van der Waals surface area (Å²) in [5.41, 5.74) is 0. The Morgan fingerprint density at radius 1 is 1.41 bits per heavy atom. The predicted octanol–water partition coefficient (Wildman–Crippen LogP) is 0.541. The van der Waals surface area contributed by atoms with Gasteiger partial charge in [0.15, 0.2) is 0 Å². The van der Waals surface area contributed by atoms with E-state index in [0.29, 0.717) is 0 Å². The molecule has 2 fully saturated rings. The molecule has 0 atom stereocenters. The maximum Gasteiger partial charge on any atom is 0.0897 e. The summed E-state index contributed by atoms with van der Waals surface area (Å²) in [4.78, 5) is 10.9. The van der Waals surface area contributed by atoms with Crippen LogP contribution in [0.4, 0.5) is 0 Å². The number of nitrogens with one attached hydrogen (secondary N) is 1. The van der Waals surface area contributed by atoms with Crippen molar-refractivity contribution in [1.82, 2.24) is 20.1 Å². The zero-order chi connectivity index (χ0) is 11.7. The summed E-state index contributed by atoms with van der Waals surface area (Å²) in [6.07, 6.45) is 2.03. The smallest absolute Gasteiger partial charge is 0.0897 e. The Bertz CT molecular complexity index is 366. The van der Waals surface area contributed by atoms with E-state index < -0.39 is 0 Å². The van der Waals surface area contributed by atoms with E-state index in [4.69, 9.17) is 0 Å². The van der Waals surface area contributed by atoms with Crippen molar-refractivity contribution in [2.24, 2.45) is 0 Å². The van der Waals surface area contributed by atoms with Crippen molar-refractivity contribution in [3.63, 3.8) is 0 Å². The Morgan fingerprint density at radius 3 is 2.82 bits per heavy atom. The average molecular weight is 252 g/mol. The molecule has 1 aromatic heterocycles. The molecule has 3 heterocycles. The Balaban J connectivity index is 1.45. The first-order chi connectivity index (χ1) is 8.31.